The third kappa shape index (κ3) is 3.61. The van der Waals surface area contributed by atoms with Gasteiger partial charge in [-0.3, -0.25) is 9.59 Å². The first-order valence-electron chi connectivity index (χ1n) is 10.1. The van der Waals surface area contributed by atoms with Crippen LogP contribution in [0.25, 0.3) is 0 Å². The van der Waals surface area contributed by atoms with Gasteiger partial charge in [-0.2, -0.15) is 0 Å². The topological polar surface area (TPSA) is 78.9 Å². The van der Waals surface area contributed by atoms with Crippen molar-refractivity contribution in [1.29, 1.82) is 0 Å². The largest absolute Gasteiger partial charge is 0.497 e. The molecule has 32 heavy (non-hydrogen) atoms. The zero-order chi connectivity index (χ0) is 22.9. The van der Waals surface area contributed by atoms with E-state index in [1.807, 2.05) is 30.3 Å². The van der Waals surface area contributed by atoms with E-state index in [0.717, 1.165) is 5.56 Å². The summed E-state index contributed by atoms with van der Waals surface area (Å²) in [6.07, 6.45) is -1.63. The van der Waals surface area contributed by atoms with Gasteiger partial charge in [0.15, 0.2) is 11.3 Å². The number of amides is 1. The van der Waals surface area contributed by atoms with Gasteiger partial charge in [-0.05, 0) is 42.8 Å². The maximum Gasteiger partial charge on any atom is 0.261 e. The Kier molecular flexibility index (Phi) is 5.91. The number of anilines is 2. The average molecular weight is 451 g/mol. The predicted octanol–water partition coefficient (Wildman–Crippen LogP) is 4.15. The average Bonchev–Trinajstić information content (AvgIpc) is 3.04. The predicted molar refractivity (Wildman–Crippen MR) is 124 cm³/mol. The maximum absolute atomic E-state index is 14.0. The number of nitrogens with one attached hydrogen (secondary N) is 1. The third-order valence-electron chi connectivity index (χ3n) is 5.67. The number of nitrogens with zero attached hydrogens (tertiary/aromatic N) is 1. The van der Waals surface area contributed by atoms with Crippen LogP contribution in [0.2, 0.25) is 5.02 Å². The molecule has 0 saturated heterocycles. The van der Waals surface area contributed by atoms with Crippen molar-refractivity contribution in [2.24, 2.45) is 0 Å². The smallest absolute Gasteiger partial charge is 0.261 e. The molecule has 0 unspecified atom stereocenters. The first-order valence-corrected chi connectivity index (χ1v) is 10.5. The summed E-state index contributed by atoms with van der Waals surface area (Å²) < 4.78 is 5.20. The van der Waals surface area contributed by atoms with E-state index in [1.54, 1.807) is 49.6 Å². The van der Waals surface area contributed by atoms with Gasteiger partial charge in [0, 0.05) is 11.3 Å². The van der Waals surface area contributed by atoms with Gasteiger partial charge >= 0.3 is 0 Å². The number of fused-ring (bicyclic) bond motifs is 1. The van der Waals surface area contributed by atoms with Crippen molar-refractivity contribution < 1.29 is 19.4 Å². The van der Waals surface area contributed by atoms with Crippen LogP contribution in [0.1, 0.15) is 18.1 Å². The zero-order valence-electron chi connectivity index (χ0n) is 17.7. The number of rotatable bonds is 7. The fourth-order valence-corrected chi connectivity index (χ4v) is 4.39. The number of hydrogen-bond donors (Lipinski definition) is 2. The van der Waals surface area contributed by atoms with Crippen molar-refractivity contribution >= 4 is 34.7 Å². The van der Waals surface area contributed by atoms with E-state index in [-0.39, 0.29) is 6.54 Å². The Hall–Kier alpha value is -3.35. The van der Waals surface area contributed by atoms with Gasteiger partial charge in [-0.1, -0.05) is 54.1 Å². The standard InChI is InChI=1S/C25H23ClN2O4/c1-16(29)23(30)25(27-18-11-13-19(32-2)14-12-18)20-9-6-10-21(26)22(20)28(24(25)31)15-17-7-4-3-5-8-17/h3-14,23,27,30H,15H2,1-2H3/t23-,25-/m0/s1. The molecular formula is C25H23ClN2O4. The van der Waals surface area contributed by atoms with Crippen molar-refractivity contribution in [2.75, 3.05) is 17.3 Å². The number of hydrogen-bond acceptors (Lipinski definition) is 5. The Morgan fingerprint density at radius 2 is 1.78 bits per heavy atom. The molecular weight excluding hydrogens is 428 g/mol. The molecule has 0 fully saturated rings. The normalized spacial score (nSPS) is 18.2. The van der Waals surface area contributed by atoms with E-state index in [0.29, 0.717) is 27.7 Å². The third-order valence-corrected chi connectivity index (χ3v) is 5.98. The first-order chi connectivity index (χ1) is 15.4. The van der Waals surface area contributed by atoms with Gasteiger partial charge in [0.05, 0.1) is 24.4 Å². The van der Waals surface area contributed by atoms with Gasteiger partial charge < -0.3 is 20.1 Å². The second-order valence-electron chi connectivity index (χ2n) is 7.69. The monoisotopic (exact) mass is 450 g/mol. The van der Waals surface area contributed by atoms with Crippen molar-refractivity contribution in [3.63, 3.8) is 0 Å². The molecule has 3 aromatic carbocycles. The van der Waals surface area contributed by atoms with E-state index < -0.39 is 23.3 Å². The Morgan fingerprint density at radius 3 is 2.41 bits per heavy atom. The maximum atomic E-state index is 14.0. The van der Waals surface area contributed by atoms with Crippen molar-refractivity contribution in [2.45, 2.75) is 25.1 Å². The summed E-state index contributed by atoms with van der Waals surface area (Å²) in [4.78, 5) is 27.9. The van der Waals surface area contributed by atoms with E-state index >= 15 is 0 Å². The number of carbonyl (C=O) groups is 2. The summed E-state index contributed by atoms with van der Waals surface area (Å²) in [5.74, 6) is -0.349. The van der Waals surface area contributed by atoms with Crippen LogP contribution in [0.4, 0.5) is 11.4 Å². The number of benzene rings is 3. The summed E-state index contributed by atoms with van der Waals surface area (Å²) >= 11 is 6.55. The number of ketones is 1. The minimum absolute atomic E-state index is 0.243. The molecule has 1 amide bonds. The molecule has 1 aliphatic rings. The van der Waals surface area contributed by atoms with E-state index in [1.165, 1.54) is 11.8 Å². The minimum atomic E-state index is -1.73. The lowest BCUT2D eigenvalue weighted by Crippen LogP contribution is -2.56. The highest BCUT2D eigenvalue weighted by Crippen LogP contribution is 2.48. The molecule has 6 nitrogen and oxygen atoms in total. The number of methoxy groups -OCH3 is 1. The molecule has 1 aliphatic heterocycles. The summed E-state index contributed by atoms with van der Waals surface area (Å²) in [6, 6.07) is 21.5. The molecule has 164 valence electrons. The fourth-order valence-electron chi connectivity index (χ4n) is 4.11. The zero-order valence-corrected chi connectivity index (χ0v) is 18.5. The molecule has 3 aromatic rings. The van der Waals surface area contributed by atoms with Crippen LogP contribution in [0.3, 0.4) is 0 Å². The van der Waals surface area contributed by atoms with Crippen molar-refractivity contribution in [3.05, 3.63) is 88.9 Å². The Morgan fingerprint density at radius 1 is 1.09 bits per heavy atom. The van der Waals surface area contributed by atoms with Gasteiger partial charge in [0.2, 0.25) is 0 Å². The number of aliphatic hydroxyl groups excluding tert-OH is 1. The Bertz CT molecular complexity index is 1150. The summed E-state index contributed by atoms with van der Waals surface area (Å²) in [7, 11) is 1.56. The van der Waals surface area contributed by atoms with Gasteiger partial charge in [-0.15, -0.1) is 0 Å². The molecule has 0 radical (unpaired) electrons. The molecule has 0 spiro atoms. The van der Waals surface area contributed by atoms with Gasteiger partial charge in [0.25, 0.3) is 5.91 Å². The lowest BCUT2D eigenvalue weighted by atomic mass is 9.83. The van der Waals surface area contributed by atoms with Gasteiger partial charge in [0.1, 0.15) is 11.9 Å². The molecule has 0 aliphatic carbocycles. The van der Waals surface area contributed by atoms with Crippen LogP contribution in [-0.4, -0.2) is 30.0 Å². The lowest BCUT2D eigenvalue weighted by Gasteiger charge is -2.34. The summed E-state index contributed by atoms with van der Waals surface area (Å²) in [6.45, 7) is 1.51. The molecule has 0 saturated carbocycles. The number of halogens is 1. The quantitative estimate of drug-likeness (QED) is 0.565. The number of aliphatic hydroxyl groups is 1. The Balaban J connectivity index is 1.87. The lowest BCUT2D eigenvalue weighted by molar-refractivity contribution is -0.136. The van der Waals surface area contributed by atoms with Crippen LogP contribution in [-0.2, 0) is 21.7 Å². The van der Waals surface area contributed by atoms with Gasteiger partial charge in [-0.25, -0.2) is 0 Å². The highest BCUT2D eigenvalue weighted by molar-refractivity contribution is 6.35. The summed E-state index contributed by atoms with van der Waals surface area (Å²) in [5, 5.41) is 14.6. The van der Waals surface area contributed by atoms with E-state index in [9.17, 15) is 14.7 Å². The SMILES string of the molecule is COc1ccc(N[C@@]2([C@@H](O)C(C)=O)C(=O)N(Cc3ccccc3)c3c(Cl)cccc32)cc1. The van der Waals surface area contributed by atoms with Crippen LogP contribution in [0.5, 0.6) is 5.75 Å². The summed E-state index contributed by atoms with van der Waals surface area (Å²) in [5.41, 5.74) is 0.639. The second-order valence-corrected chi connectivity index (χ2v) is 8.09. The molecule has 0 aromatic heterocycles. The van der Waals surface area contributed by atoms with Crippen LogP contribution >= 0.6 is 11.6 Å². The number of para-hydroxylation sites is 1. The fraction of sp³-hybridized carbons (Fsp3) is 0.200. The molecule has 7 heteroatoms. The molecule has 2 atom stereocenters. The van der Waals surface area contributed by atoms with E-state index in [4.69, 9.17) is 16.3 Å². The van der Waals surface area contributed by atoms with Crippen LogP contribution in [0.15, 0.2) is 72.8 Å². The number of Topliss-reactive ketones (excluding diaryl/α,β-unsaturated/α-hetero) is 1. The molecule has 4 rings (SSSR count). The first kappa shape index (κ1) is 21.9. The van der Waals surface area contributed by atoms with Crippen LogP contribution < -0.4 is 15.0 Å². The number of ether oxygens (including phenoxy) is 1. The van der Waals surface area contributed by atoms with E-state index in [2.05, 4.69) is 5.32 Å². The van der Waals surface area contributed by atoms with Crippen molar-refractivity contribution in [3.8, 4) is 5.75 Å². The Labute approximate surface area is 191 Å². The minimum Gasteiger partial charge on any atom is -0.497 e. The number of carbonyl (C=O) groups excluding carboxylic acids is 2. The molecule has 2 N–H and O–H groups in total. The highest BCUT2D eigenvalue weighted by Gasteiger charge is 2.57. The highest BCUT2D eigenvalue weighted by atomic mass is 35.5. The van der Waals surface area contributed by atoms with Crippen LogP contribution in [0, 0.1) is 0 Å². The molecule has 0 bridgehead atoms. The van der Waals surface area contributed by atoms with Crippen molar-refractivity contribution in [1.82, 2.24) is 0 Å². The molecule has 1 heterocycles. The second kappa shape index (κ2) is 8.65.